The zero-order valence-electron chi connectivity index (χ0n) is 33.7. The van der Waals surface area contributed by atoms with Crippen molar-refractivity contribution in [2.24, 2.45) is 0 Å². The highest BCUT2D eigenvalue weighted by atomic mass is 31.2. The molecule has 0 saturated carbocycles. The number of rotatable bonds is 32. The van der Waals surface area contributed by atoms with E-state index < -0.39 is 69.6 Å². The third kappa shape index (κ3) is 18.8. The summed E-state index contributed by atoms with van der Waals surface area (Å²) in [6.45, 7) is 0.277. The van der Waals surface area contributed by atoms with Crippen LogP contribution in [0, 0.1) is 17.3 Å². The third-order valence-electron chi connectivity index (χ3n) is 9.76. The van der Waals surface area contributed by atoms with Crippen LogP contribution in [0.1, 0.15) is 133 Å². The Balaban J connectivity index is 1.46. The van der Waals surface area contributed by atoms with E-state index in [1.807, 2.05) is 0 Å². The van der Waals surface area contributed by atoms with Crippen LogP contribution < -0.4 is 5.73 Å². The normalized spacial score (nSPS) is 15.1. The smallest absolute Gasteiger partial charge is 0.419 e. The first kappa shape index (κ1) is 50.0. The number of halogens is 4. The first-order chi connectivity index (χ1) is 28.3. The average Bonchev–Trinajstić information content (AvgIpc) is 3.64. The van der Waals surface area contributed by atoms with Crippen LogP contribution in [0.2, 0.25) is 0 Å². The Bertz CT molecular complexity index is 1730. The van der Waals surface area contributed by atoms with Crippen molar-refractivity contribution in [3.05, 3.63) is 59.3 Å². The van der Waals surface area contributed by atoms with E-state index in [2.05, 4.69) is 17.0 Å². The lowest BCUT2D eigenvalue weighted by molar-refractivity contribution is -0.137. The standard InChI is InChI=1S/C40H60F4N5O9P/c1-2-3-4-5-6-7-8-9-10-11-12-13-14-15-16-17-20-54-25-33(55-24-30-21-31(40(42,43)44)23-32(41)22-30)26-57-59(52,53)58-27-36(56-28-45)38(51)37(50)34-18-19-35-39(46)47-29-48-49(34)35/h18-19,21-23,29,33,36-38,50-51H,2-17,20,24-27H2,1H3,(H,52,53)(H2,46,47,48)/t33-,36-,37+,38-/m1/s1. The number of nitrogens with two attached hydrogens (primary N) is 1. The lowest BCUT2D eigenvalue weighted by Gasteiger charge is -2.25. The molecule has 3 aromatic rings. The number of unbranched alkanes of at least 4 members (excludes halogenated alkanes) is 15. The number of ether oxygens (including phenoxy) is 3. The minimum absolute atomic E-state index is 0.0387. The lowest BCUT2D eigenvalue weighted by Crippen LogP contribution is -2.37. The van der Waals surface area contributed by atoms with Crippen molar-refractivity contribution in [1.82, 2.24) is 14.6 Å². The maximum absolute atomic E-state index is 14.0. The number of hydrogen-bond acceptors (Lipinski definition) is 12. The Labute approximate surface area is 343 Å². The summed E-state index contributed by atoms with van der Waals surface area (Å²) in [7, 11) is -4.98. The highest BCUT2D eigenvalue weighted by Crippen LogP contribution is 2.44. The van der Waals surface area contributed by atoms with E-state index in [4.69, 9.17) is 34.3 Å². The minimum Gasteiger partial charge on any atom is -0.419 e. The van der Waals surface area contributed by atoms with Gasteiger partial charge in [0.25, 0.3) is 6.26 Å². The molecule has 0 amide bonds. The molecule has 0 fully saturated rings. The fourth-order valence-electron chi connectivity index (χ4n) is 6.45. The minimum atomic E-state index is -4.98. The second kappa shape index (κ2) is 26.7. The molecule has 0 aliphatic rings. The molecule has 0 aliphatic heterocycles. The molecule has 2 heterocycles. The number of benzene rings is 1. The van der Waals surface area contributed by atoms with E-state index in [0.29, 0.717) is 18.2 Å². The Morgan fingerprint density at radius 3 is 2.07 bits per heavy atom. The summed E-state index contributed by atoms with van der Waals surface area (Å²) >= 11 is 0. The zero-order valence-corrected chi connectivity index (χ0v) is 34.6. The lowest BCUT2D eigenvalue weighted by atomic mass is 10.0. The monoisotopic (exact) mass is 861 g/mol. The molecule has 2 aromatic heterocycles. The highest BCUT2D eigenvalue weighted by molar-refractivity contribution is 7.47. The number of fused-ring (bicyclic) bond motifs is 1. The van der Waals surface area contributed by atoms with Crippen LogP contribution in [-0.2, 0) is 40.6 Å². The molecule has 1 aromatic carbocycles. The van der Waals surface area contributed by atoms with E-state index in [9.17, 15) is 37.2 Å². The predicted octanol–water partition coefficient (Wildman–Crippen LogP) is 8.73. The Morgan fingerprint density at radius 2 is 1.47 bits per heavy atom. The molecule has 0 radical (unpaired) electrons. The second-order valence-electron chi connectivity index (χ2n) is 14.6. The van der Waals surface area contributed by atoms with Crippen molar-refractivity contribution in [1.29, 1.82) is 5.26 Å². The highest BCUT2D eigenvalue weighted by Gasteiger charge is 2.35. The maximum atomic E-state index is 14.0. The summed E-state index contributed by atoms with van der Waals surface area (Å²) < 4.78 is 94.3. The number of phosphoric ester groups is 1. The number of anilines is 1. The van der Waals surface area contributed by atoms with E-state index in [1.54, 1.807) is 0 Å². The van der Waals surface area contributed by atoms with Crippen LogP contribution in [-0.4, -0.2) is 74.4 Å². The van der Waals surface area contributed by atoms with Crippen LogP contribution in [0.4, 0.5) is 23.4 Å². The molecule has 59 heavy (non-hydrogen) atoms. The van der Waals surface area contributed by atoms with Crippen LogP contribution in [0.5, 0.6) is 0 Å². The van der Waals surface area contributed by atoms with Gasteiger partial charge in [0, 0.05) is 6.61 Å². The SMILES string of the molecule is CCCCCCCCCCCCCCCCCCOC[C@H](COP(=O)(O)OC[C@@H](OC#N)[C@@H](O)[C@@H](O)c1ccc2c(N)ncnn12)OCc1cc(F)cc(C(F)(F)F)c1. The first-order valence-corrected chi connectivity index (χ1v) is 21.9. The summed E-state index contributed by atoms with van der Waals surface area (Å²) in [6, 6.07) is 4.84. The maximum Gasteiger partial charge on any atom is 0.472 e. The van der Waals surface area contributed by atoms with E-state index in [0.717, 1.165) is 44.1 Å². The molecule has 0 aliphatic carbocycles. The number of hydrogen-bond donors (Lipinski definition) is 4. The number of aliphatic hydroxyl groups excluding tert-OH is 2. The molecule has 14 nitrogen and oxygen atoms in total. The molecule has 0 bridgehead atoms. The number of nitrogens with zero attached hydrogens (tertiary/aromatic N) is 4. The first-order valence-electron chi connectivity index (χ1n) is 20.4. The van der Waals surface area contributed by atoms with Gasteiger partial charge in [0.2, 0.25) is 0 Å². The average molecular weight is 862 g/mol. The third-order valence-corrected chi connectivity index (χ3v) is 10.7. The summed E-state index contributed by atoms with van der Waals surface area (Å²) in [5, 5.41) is 34.8. The number of phosphoric acid groups is 1. The van der Waals surface area contributed by atoms with Gasteiger partial charge in [-0.2, -0.15) is 23.5 Å². The number of aliphatic hydroxyl groups is 2. The molecule has 0 saturated heterocycles. The van der Waals surface area contributed by atoms with Gasteiger partial charge in [0.05, 0.1) is 37.7 Å². The summed E-state index contributed by atoms with van der Waals surface area (Å²) in [4.78, 5) is 14.3. The van der Waals surface area contributed by atoms with Gasteiger partial charge in [-0.15, -0.1) is 0 Å². The van der Waals surface area contributed by atoms with Gasteiger partial charge in [-0.3, -0.25) is 9.05 Å². The van der Waals surface area contributed by atoms with Gasteiger partial charge in [-0.25, -0.2) is 18.5 Å². The van der Waals surface area contributed by atoms with Crippen LogP contribution >= 0.6 is 7.82 Å². The van der Waals surface area contributed by atoms with Gasteiger partial charge in [-0.1, -0.05) is 103 Å². The fraction of sp³-hybridized carbons (Fsp3) is 0.675. The van der Waals surface area contributed by atoms with Crippen molar-refractivity contribution < 1.29 is 60.5 Å². The van der Waals surface area contributed by atoms with Gasteiger partial charge in [-0.05, 0) is 42.3 Å². The molecule has 5 N–H and O–H groups in total. The van der Waals surface area contributed by atoms with Gasteiger partial charge >= 0.3 is 14.0 Å². The van der Waals surface area contributed by atoms with Crippen molar-refractivity contribution in [3.63, 3.8) is 0 Å². The molecular weight excluding hydrogens is 801 g/mol. The Kier molecular flexibility index (Phi) is 22.6. The summed E-state index contributed by atoms with van der Waals surface area (Å²) in [6.07, 6.45) is 10.6. The van der Waals surface area contributed by atoms with Crippen molar-refractivity contribution in [3.8, 4) is 6.26 Å². The van der Waals surface area contributed by atoms with Gasteiger partial charge in [0.15, 0.2) is 11.9 Å². The van der Waals surface area contributed by atoms with Crippen molar-refractivity contribution in [2.45, 2.75) is 147 Å². The molecule has 5 atom stereocenters. The molecule has 1 unspecified atom stereocenters. The van der Waals surface area contributed by atoms with Crippen LogP contribution in [0.25, 0.3) is 5.52 Å². The quantitative estimate of drug-likeness (QED) is 0.0201. The zero-order chi connectivity index (χ0) is 43.1. The topological polar surface area (TPSA) is 204 Å². The molecular formula is C40H60F4N5O9P. The van der Waals surface area contributed by atoms with Crippen molar-refractivity contribution >= 4 is 19.2 Å². The Morgan fingerprint density at radius 1 is 0.881 bits per heavy atom. The molecule has 19 heteroatoms. The fourth-order valence-corrected chi connectivity index (χ4v) is 7.21. The number of alkyl halides is 3. The molecule has 3 rings (SSSR count). The second-order valence-corrected chi connectivity index (χ2v) is 16.1. The number of nitrogen functional groups attached to an aromatic ring is 1. The number of nitriles is 1. The predicted molar refractivity (Wildman–Crippen MR) is 211 cm³/mol. The largest absolute Gasteiger partial charge is 0.472 e. The van der Waals surface area contributed by atoms with E-state index in [1.165, 1.54) is 100.0 Å². The van der Waals surface area contributed by atoms with Gasteiger partial charge < -0.3 is 35.1 Å². The summed E-state index contributed by atoms with van der Waals surface area (Å²) in [5.74, 6) is -1.03. The van der Waals surface area contributed by atoms with E-state index >= 15 is 0 Å². The molecule has 0 spiro atoms. The van der Waals surface area contributed by atoms with Crippen LogP contribution in [0.3, 0.4) is 0 Å². The molecule has 332 valence electrons. The van der Waals surface area contributed by atoms with Crippen LogP contribution in [0.15, 0.2) is 36.7 Å². The van der Waals surface area contributed by atoms with Gasteiger partial charge in [0.1, 0.15) is 36.0 Å². The summed E-state index contributed by atoms with van der Waals surface area (Å²) in [5.41, 5.74) is 4.83. The Hall–Kier alpha value is -3.40. The van der Waals surface area contributed by atoms with E-state index in [-0.39, 0.29) is 23.7 Å². The van der Waals surface area contributed by atoms with Crippen molar-refractivity contribution in [2.75, 3.05) is 32.2 Å². The number of aromatic nitrogens is 3.